The van der Waals surface area contributed by atoms with Gasteiger partial charge in [0.1, 0.15) is 0 Å². The van der Waals surface area contributed by atoms with Gasteiger partial charge in [-0.2, -0.15) is 0 Å². The normalized spacial score (nSPS) is 15.8. The highest BCUT2D eigenvalue weighted by Crippen LogP contribution is 2.35. The molecular formula is C21H27ClN2O5S. The molecule has 0 radical (unpaired) electrons. The number of aromatic nitrogens is 1. The van der Waals surface area contributed by atoms with E-state index >= 15 is 0 Å². The zero-order valence-electron chi connectivity index (χ0n) is 16.8. The maximum atomic E-state index is 13.3. The number of hydroxylamine groups is 1. The minimum atomic E-state index is -4.02. The van der Waals surface area contributed by atoms with Gasteiger partial charge in [-0.15, -0.1) is 12.4 Å². The van der Waals surface area contributed by atoms with E-state index in [0.717, 1.165) is 30.5 Å². The van der Waals surface area contributed by atoms with Gasteiger partial charge >= 0.3 is 0 Å². The molecule has 30 heavy (non-hydrogen) atoms. The van der Waals surface area contributed by atoms with E-state index in [2.05, 4.69) is 11.9 Å². The molecular weight excluding hydrogens is 428 g/mol. The van der Waals surface area contributed by atoms with E-state index in [9.17, 15) is 13.2 Å². The molecule has 3 rings (SSSR count). The highest BCUT2D eigenvalue weighted by molar-refractivity contribution is 7.93. The van der Waals surface area contributed by atoms with Gasteiger partial charge in [0.25, 0.3) is 5.91 Å². The first-order valence-corrected chi connectivity index (χ1v) is 11.3. The van der Waals surface area contributed by atoms with Gasteiger partial charge < -0.3 is 4.74 Å². The maximum absolute atomic E-state index is 13.3. The molecule has 2 N–H and O–H groups in total. The molecule has 1 aliphatic heterocycles. The molecule has 1 aromatic carbocycles. The van der Waals surface area contributed by atoms with Gasteiger partial charge in [-0.3, -0.25) is 15.0 Å². The number of nitrogens with zero attached hydrogens (tertiary/aromatic N) is 1. The smallest absolute Gasteiger partial charge is 0.265 e. The summed E-state index contributed by atoms with van der Waals surface area (Å²) in [6.45, 7) is 2.42. The lowest BCUT2D eigenvalue weighted by molar-refractivity contribution is -0.134. The Bertz CT molecular complexity index is 940. The lowest BCUT2D eigenvalue weighted by Gasteiger charge is -2.34. The van der Waals surface area contributed by atoms with E-state index in [4.69, 9.17) is 9.94 Å². The van der Waals surface area contributed by atoms with Crippen molar-refractivity contribution in [3.05, 3.63) is 48.2 Å². The summed E-state index contributed by atoms with van der Waals surface area (Å²) >= 11 is 0. The number of benzene rings is 1. The standard InChI is InChI=1S/C21H26N2O5S.ClH/c1-2-3-4-16-5-10-19(22-15-16)17-6-8-18(9-7-17)29(26,27)21(20(24)23-25)11-13-28-14-12-21;/h5-10,15,25H,2-4,11-14H2,1H3,(H,23,24);1H. The van der Waals surface area contributed by atoms with Crippen LogP contribution in [0, 0.1) is 0 Å². The highest BCUT2D eigenvalue weighted by Gasteiger charge is 2.52. The fourth-order valence-corrected chi connectivity index (χ4v) is 5.51. The van der Waals surface area contributed by atoms with Crippen molar-refractivity contribution in [1.82, 2.24) is 10.5 Å². The number of rotatable bonds is 7. The van der Waals surface area contributed by atoms with Gasteiger partial charge in [0.05, 0.1) is 10.6 Å². The zero-order valence-corrected chi connectivity index (χ0v) is 18.5. The first-order chi connectivity index (χ1) is 13.9. The van der Waals surface area contributed by atoms with Crippen LogP contribution in [0.5, 0.6) is 0 Å². The van der Waals surface area contributed by atoms with Crippen LogP contribution in [-0.4, -0.2) is 42.5 Å². The second-order valence-corrected chi connectivity index (χ2v) is 9.49. The van der Waals surface area contributed by atoms with Gasteiger partial charge in [-0.05, 0) is 49.4 Å². The van der Waals surface area contributed by atoms with Crippen molar-refractivity contribution in [3.63, 3.8) is 0 Å². The largest absolute Gasteiger partial charge is 0.381 e. The third-order valence-corrected chi connectivity index (χ3v) is 7.95. The number of hydrogen-bond acceptors (Lipinski definition) is 6. The van der Waals surface area contributed by atoms with Crippen LogP contribution >= 0.6 is 12.4 Å². The van der Waals surface area contributed by atoms with Gasteiger partial charge in [-0.1, -0.05) is 31.5 Å². The lowest BCUT2D eigenvalue weighted by Crippen LogP contribution is -2.54. The molecule has 7 nitrogen and oxygen atoms in total. The molecule has 1 aliphatic rings. The summed E-state index contributed by atoms with van der Waals surface area (Å²) in [6, 6.07) is 10.3. The summed E-state index contributed by atoms with van der Waals surface area (Å²) in [6.07, 6.45) is 5.05. The van der Waals surface area contributed by atoms with Gasteiger partial charge in [0.15, 0.2) is 14.6 Å². The van der Waals surface area contributed by atoms with Crippen molar-refractivity contribution >= 4 is 28.2 Å². The number of halogens is 1. The second-order valence-electron chi connectivity index (χ2n) is 7.23. The first-order valence-electron chi connectivity index (χ1n) is 9.77. The molecule has 1 saturated heterocycles. The van der Waals surface area contributed by atoms with Crippen molar-refractivity contribution < 1.29 is 23.2 Å². The van der Waals surface area contributed by atoms with Gasteiger partial charge in [-0.25, -0.2) is 13.9 Å². The molecule has 0 unspecified atom stereocenters. The number of sulfone groups is 1. The monoisotopic (exact) mass is 454 g/mol. The number of carbonyl (C=O) groups is 1. The van der Waals surface area contributed by atoms with Crippen LogP contribution < -0.4 is 5.48 Å². The van der Waals surface area contributed by atoms with E-state index in [-0.39, 0.29) is 43.4 Å². The Balaban J connectivity index is 0.00000320. The Hall–Kier alpha value is -2.00. The molecule has 1 fully saturated rings. The summed E-state index contributed by atoms with van der Waals surface area (Å²) in [5.74, 6) is -0.922. The summed E-state index contributed by atoms with van der Waals surface area (Å²) in [4.78, 5) is 16.8. The van der Waals surface area contributed by atoms with Crippen molar-refractivity contribution in [2.45, 2.75) is 48.7 Å². The molecule has 9 heteroatoms. The average molecular weight is 455 g/mol. The minimum Gasteiger partial charge on any atom is -0.381 e. The molecule has 0 aliphatic carbocycles. The summed E-state index contributed by atoms with van der Waals surface area (Å²) in [5, 5.41) is 9.12. The van der Waals surface area contributed by atoms with E-state index < -0.39 is 20.5 Å². The first kappa shape index (κ1) is 24.3. The molecule has 0 bridgehead atoms. The Labute approximate surface area is 183 Å². The van der Waals surface area contributed by atoms with Crippen molar-refractivity contribution in [2.75, 3.05) is 13.2 Å². The van der Waals surface area contributed by atoms with Crippen LogP contribution in [0.25, 0.3) is 11.3 Å². The van der Waals surface area contributed by atoms with Crippen LogP contribution in [0.3, 0.4) is 0 Å². The van der Waals surface area contributed by atoms with Gasteiger partial charge in [0, 0.05) is 25.0 Å². The third-order valence-electron chi connectivity index (χ3n) is 5.43. The number of nitrogens with one attached hydrogen (secondary N) is 1. The van der Waals surface area contributed by atoms with Crippen molar-refractivity contribution in [1.29, 1.82) is 0 Å². The lowest BCUT2D eigenvalue weighted by atomic mass is 9.98. The Morgan fingerprint density at radius 2 is 1.83 bits per heavy atom. The number of unbranched alkanes of at least 4 members (excludes halogenated alkanes) is 1. The molecule has 2 heterocycles. The van der Waals surface area contributed by atoms with E-state index in [1.807, 2.05) is 18.3 Å². The Kier molecular flexibility index (Phi) is 8.37. The fourth-order valence-electron chi connectivity index (χ4n) is 3.58. The summed E-state index contributed by atoms with van der Waals surface area (Å²) in [7, 11) is -4.02. The number of aryl methyl sites for hydroxylation is 1. The zero-order chi connectivity index (χ0) is 20.9. The molecule has 1 aromatic heterocycles. The predicted octanol–water partition coefficient (Wildman–Crippen LogP) is 3.34. The highest BCUT2D eigenvalue weighted by atomic mass is 35.5. The molecule has 164 valence electrons. The topological polar surface area (TPSA) is 106 Å². The molecule has 0 atom stereocenters. The number of hydrogen-bond donors (Lipinski definition) is 2. The van der Waals surface area contributed by atoms with Gasteiger partial charge in [0.2, 0.25) is 0 Å². The Morgan fingerprint density at radius 3 is 2.37 bits per heavy atom. The maximum Gasteiger partial charge on any atom is 0.265 e. The van der Waals surface area contributed by atoms with Crippen LogP contribution in [0.15, 0.2) is 47.5 Å². The molecule has 0 spiro atoms. The second kappa shape index (κ2) is 10.3. The van der Waals surface area contributed by atoms with E-state index in [1.54, 1.807) is 12.1 Å². The van der Waals surface area contributed by atoms with E-state index in [0.29, 0.717) is 0 Å². The van der Waals surface area contributed by atoms with Crippen LogP contribution in [-0.2, 0) is 25.8 Å². The van der Waals surface area contributed by atoms with Crippen LogP contribution in [0.1, 0.15) is 38.2 Å². The summed E-state index contributed by atoms with van der Waals surface area (Å²) in [5.41, 5.74) is 4.24. The van der Waals surface area contributed by atoms with Crippen LogP contribution in [0.2, 0.25) is 0 Å². The summed E-state index contributed by atoms with van der Waals surface area (Å²) < 4.78 is 30.0. The SMILES string of the molecule is CCCCc1ccc(-c2ccc(S(=O)(=O)C3(C(=O)NO)CCOCC3)cc2)nc1.Cl. The molecule has 2 aromatic rings. The fraction of sp³-hybridized carbons (Fsp3) is 0.429. The Morgan fingerprint density at radius 1 is 1.17 bits per heavy atom. The number of ether oxygens (including phenoxy) is 1. The number of pyridine rings is 1. The molecule has 1 amide bonds. The minimum absolute atomic E-state index is 0. The molecule has 0 saturated carbocycles. The third kappa shape index (κ3) is 4.67. The quantitative estimate of drug-likeness (QED) is 0.491. The number of carbonyl (C=O) groups excluding carboxylic acids is 1. The van der Waals surface area contributed by atoms with Crippen molar-refractivity contribution in [2.24, 2.45) is 0 Å². The average Bonchev–Trinajstić information content (AvgIpc) is 2.78. The predicted molar refractivity (Wildman–Crippen MR) is 115 cm³/mol. The van der Waals surface area contributed by atoms with Crippen LogP contribution in [0.4, 0.5) is 0 Å². The van der Waals surface area contributed by atoms with E-state index in [1.165, 1.54) is 23.2 Å². The van der Waals surface area contributed by atoms with Crippen molar-refractivity contribution in [3.8, 4) is 11.3 Å². The number of amides is 1.